The van der Waals surface area contributed by atoms with Crippen molar-refractivity contribution in [1.82, 2.24) is 0 Å². The third-order valence-electron chi connectivity index (χ3n) is 5.86. The molecule has 0 radical (unpaired) electrons. The van der Waals surface area contributed by atoms with Crippen molar-refractivity contribution >= 4 is 28.8 Å². The Morgan fingerprint density at radius 1 is 0.630 bits per heavy atom. The number of hydrogen-bond donors (Lipinski definition) is 0. The standard InChI is InChI=1S/C36H45O9S/c1-25(2)34(39)43-24-40-21-26-9-15-29(16-10-26)46(30-17-11-27(12-18-30)41-22-32(37)44-35(3,4)5)31-19-13-28(14-20-31)42-23-33(38)45-36(6,7)8/h9-20,25H,21-24H2,1-8H3/q+1. The average molecular weight is 654 g/mol. The first-order valence-corrected chi connectivity index (χ1v) is 16.3. The highest BCUT2D eigenvalue weighted by atomic mass is 32.2. The molecule has 0 N–H and O–H groups in total. The Kier molecular flexibility index (Phi) is 13.1. The molecule has 3 aromatic carbocycles. The van der Waals surface area contributed by atoms with E-state index in [-0.39, 0.29) is 31.9 Å². The lowest BCUT2D eigenvalue weighted by molar-refractivity contribution is -0.161. The van der Waals surface area contributed by atoms with Gasteiger partial charge < -0.3 is 28.4 Å². The molecule has 248 valence electrons. The molecule has 0 atom stereocenters. The summed E-state index contributed by atoms with van der Waals surface area (Å²) in [4.78, 5) is 39.0. The van der Waals surface area contributed by atoms with E-state index in [0.29, 0.717) is 18.1 Å². The van der Waals surface area contributed by atoms with Crippen LogP contribution in [-0.4, -0.2) is 49.1 Å². The lowest BCUT2D eigenvalue weighted by Gasteiger charge is -2.19. The number of ether oxygens (including phenoxy) is 6. The fraction of sp³-hybridized carbons (Fsp3) is 0.417. The predicted molar refractivity (Wildman–Crippen MR) is 175 cm³/mol. The molecule has 0 aromatic heterocycles. The van der Waals surface area contributed by atoms with Gasteiger partial charge in [-0.2, -0.15) is 0 Å². The zero-order chi connectivity index (χ0) is 33.9. The molecule has 3 rings (SSSR count). The van der Waals surface area contributed by atoms with Gasteiger partial charge in [0.2, 0.25) is 0 Å². The van der Waals surface area contributed by atoms with Crippen LogP contribution in [0.25, 0.3) is 0 Å². The molecule has 3 aromatic rings. The summed E-state index contributed by atoms with van der Waals surface area (Å²) in [6, 6.07) is 23.3. The molecule has 0 fully saturated rings. The number of esters is 3. The van der Waals surface area contributed by atoms with E-state index in [1.165, 1.54) is 0 Å². The van der Waals surface area contributed by atoms with E-state index >= 15 is 0 Å². The second kappa shape index (κ2) is 16.5. The quantitative estimate of drug-likeness (QED) is 0.0604. The molecule has 0 aliphatic rings. The highest BCUT2D eigenvalue weighted by molar-refractivity contribution is 7.97. The topological polar surface area (TPSA) is 107 Å². The third kappa shape index (κ3) is 12.8. The Bertz CT molecular complexity index is 1340. The maximum Gasteiger partial charge on any atom is 0.344 e. The summed E-state index contributed by atoms with van der Waals surface area (Å²) in [5.74, 6) is -0.289. The van der Waals surface area contributed by atoms with Gasteiger partial charge in [-0.05, 0) is 108 Å². The van der Waals surface area contributed by atoms with Gasteiger partial charge in [0.05, 0.1) is 23.4 Å². The van der Waals surface area contributed by atoms with Crippen molar-refractivity contribution in [2.45, 2.75) is 87.9 Å². The molecule has 0 unspecified atom stereocenters. The maximum atomic E-state index is 12.1. The summed E-state index contributed by atoms with van der Waals surface area (Å²) in [5.41, 5.74) is -0.237. The number of hydrogen-bond acceptors (Lipinski definition) is 9. The molecular weight excluding hydrogens is 608 g/mol. The monoisotopic (exact) mass is 653 g/mol. The van der Waals surface area contributed by atoms with E-state index in [9.17, 15) is 14.4 Å². The van der Waals surface area contributed by atoms with Gasteiger partial charge in [0, 0.05) is 0 Å². The summed E-state index contributed by atoms with van der Waals surface area (Å²) in [5, 5.41) is 0. The van der Waals surface area contributed by atoms with Gasteiger partial charge in [0.25, 0.3) is 0 Å². The second-order valence-electron chi connectivity index (χ2n) is 12.7. The minimum atomic E-state index is -0.586. The van der Waals surface area contributed by atoms with Crippen molar-refractivity contribution < 1.29 is 42.8 Å². The van der Waals surface area contributed by atoms with E-state index in [1.54, 1.807) is 13.8 Å². The molecular formula is C36H45O9S+. The van der Waals surface area contributed by atoms with Crippen molar-refractivity contribution in [3.8, 4) is 11.5 Å². The van der Waals surface area contributed by atoms with E-state index in [4.69, 9.17) is 28.4 Å². The van der Waals surface area contributed by atoms with Crippen molar-refractivity contribution in [1.29, 1.82) is 0 Å². The van der Waals surface area contributed by atoms with Gasteiger partial charge >= 0.3 is 17.9 Å². The van der Waals surface area contributed by atoms with Crippen molar-refractivity contribution in [2.24, 2.45) is 5.92 Å². The first-order valence-electron chi connectivity index (χ1n) is 15.1. The van der Waals surface area contributed by atoms with Crippen molar-refractivity contribution in [3.05, 3.63) is 78.4 Å². The molecule has 0 saturated heterocycles. The molecule has 0 aliphatic carbocycles. The van der Waals surface area contributed by atoms with Gasteiger partial charge in [-0.25, -0.2) is 9.59 Å². The van der Waals surface area contributed by atoms with Gasteiger partial charge in [-0.1, -0.05) is 26.0 Å². The Hall–Kier alpha value is -4.02. The highest BCUT2D eigenvalue weighted by Gasteiger charge is 2.29. The summed E-state index contributed by atoms with van der Waals surface area (Å²) < 4.78 is 32.6. The van der Waals surface area contributed by atoms with E-state index in [2.05, 4.69) is 0 Å². The number of benzene rings is 3. The van der Waals surface area contributed by atoms with E-state index in [1.807, 2.05) is 114 Å². The van der Waals surface area contributed by atoms with Crippen LogP contribution in [0.15, 0.2) is 87.5 Å². The highest BCUT2D eigenvalue weighted by Crippen LogP contribution is 2.33. The zero-order valence-electron chi connectivity index (χ0n) is 27.9. The fourth-order valence-electron chi connectivity index (χ4n) is 3.93. The first kappa shape index (κ1) is 36.4. The van der Waals surface area contributed by atoms with Crippen molar-refractivity contribution in [2.75, 3.05) is 20.0 Å². The molecule has 0 spiro atoms. The summed E-state index contributed by atoms with van der Waals surface area (Å²) in [6.45, 7) is 14.2. The molecule has 0 saturated carbocycles. The molecule has 0 amide bonds. The van der Waals surface area contributed by atoms with Crippen LogP contribution in [0, 0.1) is 5.92 Å². The Balaban J connectivity index is 1.77. The van der Waals surface area contributed by atoms with Crippen LogP contribution < -0.4 is 9.47 Å². The van der Waals surface area contributed by atoms with E-state index < -0.39 is 34.0 Å². The largest absolute Gasteiger partial charge is 0.482 e. The van der Waals surface area contributed by atoms with Crippen LogP contribution in [0.1, 0.15) is 61.0 Å². The number of carbonyl (C=O) groups is 3. The Labute approximate surface area is 274 Å². The second-order valence-corrected chi connectivity index (χ2v) is 14.8. The molecule has 46 heavy (non-hydrogen) atoms. The normalized spacial score (nSPS) is 11.7. The molecule has 10 heteroatoms. The van der Waals surface area contributed by atoms with Gasteiger partial charge in [-0.3, -0.25) is 4.79 Å². The van der Waals surface area contributed by atoms with Gasteiger partial charge in [-0.15, -0.1) is 0 Å². The lowest BCUT2D eigenvalue weighted by atomic mass is 10.2. The molecule has 0 heterocycles. The van der Waals surface area contributed by atoms with Crippen molar-refractivity contribution in [3.63, 3.8) is 0 Å². The zero-order valence-corrected chi connectivity index (χ0v) is 28.7. The van der Waals surface area contributed by atoms with Crippen LogP contribution >= 0.6 is 0 Å². The predicted octanol–water partition coefficient (Wildman–Crippen LogP) is 6.90. The first-order chi connectivity index (χ1) is 21.6. The summed E-state index contributed by atoms with van der Waals surface area (Å²) in [6.07, 6.45) is 0. The van der Waals surface area contributed by atoms with Crippen LogP contribution in [0.5, 0.6) is 11.5 Å². The Morgan fingerprint density at radius 3 is 1.39 bits per heavy atom. The third-order valence-corrected chi connectivity index (χ3v) is 8.09. The van der Waals surface area contributed by atoms with Crippen LogP contribution in [0.4, 0.5) is 0 Å². The summed E-state index contributed by atoms with van der Waals surface area (Å²) >= 11 is 0. The average Bonchev–Trinajstić information content (AvgIpc) is 2.97. The number of rotatable bonds is 14. The smallest absolute Gasteiger partial charge is 0.344 e. The van der Waals surface area contributed by atoms with E-state index in [0.717, 1.165) is 20.2 Å². The number of carbonyl (C=O) groups excluding carboxylic acids is 3. The van der Waals surface area contributed by atoms with Gasteiger partial charge in [0.15, 0.2) is 34.7 Å². The Morgan fingerprint density at radius 2 is 1.02 bits per heavy atom. The molecule has 0 bridgehead atoms. The van der Waals surface area contributed by atoms with Crippen LogP contribution in [0.3, 0.4) is 0 Å². The molecule has 9 nitrogen and oxygen atoms in total. The van der Waals surface area contributed by atoms with Gasteiger partial charge in [0.1, 0.15) is 22.7 Å². The van der Waals surface area contributed by atoms with Crippen LogP contribution in [-0.2, 0) is 50.8 Å². The van der Waals surface area contributed by atoms with Crippen LogP contribution in [0.2, 0.25) is 0 Å². The summed E-state index contributed by atoms with van der Waals surface area (Å²) in [7, 11) is -0.515. The minimum absolute atomic E-state index is 0.103. The lowest BCUT2D eigenvalue weighted by Crippen LogP contribution is -2.27. The fourth-order valence-corrected chi connectivity index (χ4v) is 5.97. The maximum absolute atomic E-state index is 12.1. The molecule has 0 aliphatic heterocycles. The minimum Gasteiger partial charge on any atom is -0.482 e. The SMILES string of the molecule is CC(C)C(=O)OCOCc1ccc([S+](c2ccc(OCC(=O)OC(C)(C)C)cc2)c2ccc(OCC(=O)OC(C)(C)C)cc2)cc1.